The zero-order valence-corrected chi connectivity index (χ0v) is 21.8. The van der Waals surface area contributed by atoms with Gasteiger partial charge in [-0.3, -0.25) is 9.59 Å². The van der Waals surface area contributed by atoms with Crippen molar-refractivity contribution < 1.29 is 19.8 Å². The Morgan fingerprint density at radius 3 is 2.39 bits per heavy atom. The SMILES string of the molecule is O=C1C2=C(NC3CCCCC3N3C(=O)c4ccccc4C3(O)C2c2cc(Cl)cc(Cl)c2O)c2ccccc21. The van der Waals surface area contributed by atoms with Crippen LogP contribution in [0.25, 0.3) is 5.70 Å². The molecule has 0 aromatic heterocycles. The van der Waals surface area contributed by atoms with Gasteiger partial charge in [0, 0.05) is 44.5 Å². The number of aromatic hydroxyl groups is 1. The largest absolute Gasteiger partial charge is 0.506 e. The average Bonchev–Trinajstić information content (AvgIpc) is 3.30. The molecule has 2 aliphatic heterocycles. The molecule has 192 valence electrons. The first-order chi connectivity index (χ1) is 18.3. The van der Waals surface area contributed by atoms with Crippen LogP contribution in [0, 0.1) is 0 Å². The maximum absolute atomic E-state index is 14.2. The normalized spacial score (nSPS) is 27.6. The van der Waals surface area contributed by atoms with E-state index in [-0.39, 0.29) is 50.7 Å². The lowest BCUT2D eigenvalue weighted by Crippen LogP contribution is -2.61. The van der Waals surface area contributed by atoms with Gasteiger partial charge in [0.1, 0.15) is 5.75 Å². The Balaban J connectivity index is 1.62. The standard InChI is InChI=1S/C30H24Cl2N2O4/c31-15-13-19(27(35)21(32)14-15)25-24-26(16-7-1-2-8-17(16)28(24)36)33-22-11-5-6-12-23(22)34-29(37)18-9-3-4-10-20(18)30(25,34)38/h1-4,7-10,13-14,22-23,25,33,35,38H,5-6,11-12H2. The summed E-state index contributed by atoms with van der Waals surface area (Å²) in [6.45, 7) is 0. The first-order valence-electron chi connectivity index (χ1n) is 12.8. The van der Waals surface area contributed by atoms with Crippen LogP contribution < -0.4 is 5.32 Å². The molecule has 3 aromatic rings. The van der Waals surface area contributed by atoms with E-state index in [0.717, 1.165) is 24.8 Å². The second-order valence-electron chi connectivity index (χ2n) is 10.5. The molecule has 3 aromatic carbocycles. The number of phenolic OH excluding ortho intramolecular Hbond substituents is 1. The first kappa shape index (κ1) is 23.8. The van der Waals surface area contributed by atoms with Gasteiger partial charge in [0.15, 0.2) is 11.5 Å². The van der Waals surface area contributed by atoms with E-state index >= 15 is 0 Å². The highest BCUT2D eigenvalue weighted by atomic mass is 35.5. The number of phenols is 1. The molecule has 7 rings (SSSR count). The minimum Gasteiger partial charge on any atom is -0.506 e. The predicted octanol–water partition coefficient (Wildman–Crippen LogP) is 5.61. The molecule has 1 saturated carbocycles. The lowest BCUT2D eigenvalue weighted by atomic mass is 9.74. The fraction of sp³-hybridized carbons (Fsp3) is 0.267. The second-order valence-corrected chi connectivity index (χ2v) is 11.3. The van der Waals surface area contributed by atoms with Gasteiger partial charge >= 0.3 is 0 Å². The van der Waals surface area contributed by atoms with Crippen molar-refractivity contribution in [3.05, 3.63) is 104 Å². The van der Waals surface area contributed by atoms with Crippen LogP contribution in [0.5, 0.6) is 5.75 Å². The molecule has 1 amide bonds. The Hall–Kier alpha value is -3.32. The van der Waals surface area contributed by atoms with Gasteiger partial charge in [-0.05, 0) is 31.0 Å². The van der Waals surface area contributed by atoms with E-state index in [4.69, 9.17) is 23.2 Å². The van der Waals surface area contributed by atoms with Gasteiger partial charge in [-0.15, -0.1) is 0 Å². The van der Waals surface area contributed by atoms with Gasteiger partial charge < -0.3 is 20.4 Å². The van der Waals surface area contributed by atoms with E-state index in [0.29, 0.717) is 28.8 Å². The Kier molecular flexibility index (Phi) is 5.22. The molecule has 38 heavy (non-hydrogen) atoms. The molecule has 0 bridgehead atoms. The molecule has 4 atom stereocenters. The molecule has 6 nitrogen and oxygen atoms in total. The van der Waals surface area contributed by atoms with Gasteiger partial charge in [-0.25, -0.2) is 0 Å². The number of carbonyl (C=O) groups is 2. The highest BCUT2D eigenvalue weighted by Gasteiger charge is 2.61. The van der Waals surface area contributed by atoms with E-state index < -0.39 is 11.6 Å². The molecule has 3 N–H and O–H groups in total. The number of benzene rings is 3. The summed E-state index contributed by atoms with van der Waals surface area (Å²) in [5, 5.41) is 28.2. The molecule has 0 spiro atoms. The van der Waals surface area contributed by atoms with Gasteiger partial charge in [0.25, 0.3) is 5.91 Å². The van der Waals surface area contributed by atoms with Crippen LogP contribution in [0.2, 0.25) is 10.0 Å². The van der Waals surface area contributed by atoms with Crippen LogP contribution in [0.15, 0.2) is 66.2 Å². The van der Waals surface area contributed by atoms with Crippen LogP contribution in [-0.4, -0.2) is 38.9 Å². The third-order valence-corrected chi connectivity index (χ3v) is 9.05. The van der Waals surface area contributed by atoms with E-state index in [1.165, 1.54) is 12.1 Å². The second kappa shape index (κ2) is 8.34. The number of fused-ring (bicyclic) bond motifs is 7. The van der Waals surface area contributed by atoms with Gasteiger partial charge in [-0.1, -0.05) is 78.5 Å². The van der Waals surface area contributed by atoms with Crippen molar-refractivity contribution in [3.63, 3.8) is 0 Å². The summed E-state index contributed by atoms with van der Waals surface area (Å²) < 4.78 is 0. The number of aliphatic hydroxyl groups is 1. The third kappa shape index (κ3) is 3.05. The van der Waals surface area contributed by atoms with E-state index in [1.54, 1.807) is 41.3 Å². The molecule has 0 saturated heterocycles. The number of rotatable bonds is 1. The number of halogens is 2. The fourth-order valence-electron chi connectivity index (χ4n) is 6.99. The van der Waals surface area contributed by atoms with Gasteiger partial charge in [-0.2, -0.15) is 0 Å². The summed E-state index contributed by atoms with van der Waals surface area (Å²) >= 11 is 12.8. The number of nitrogens with one attached hydrogen (secondary N) is 1. The number of nitrogens with zero attached hydrogens (tertiary/aromatic N) is 1. The van der Waals surface area contributed by atoms with E-state index in [1.807, 2.05) is 12.1 Å². The van der Waals surface area contributed by atoms with Crippen molar-refractivity contribution in [2.45, 2.75) is 49.4 Å². The summed E-state index contributed by atoms with van der Waals surface area (Å²) in [7, 11) is 0. The molecule has 4 unspecified atom stereocenters. The zero-order chi connectivity index (χ0) is 26.3. The number of Topliss-reactive ketones (excluding diaryl/α,β-unsaturated/α-hetero) is 1. The topological polar surface area (TPSA) is 89.9 Å². The lowest BCUT2D eigenvalue weighted by molar-refractivity contribution is -0.124. The summed E-state index contributed by atoms with van der Waals surface area (Å²) in [6, 6.07) is 16.7. The third-order valence-electron chi connectivity index (χ3n) is 8.55. The number of carbonyl (C=O) groups excluding carboxylic acids is 2. The maximum atomic E-state index is 14.2. The number of hydrogen-bond donors (Lipinski definition) is 3. The molecule has 0 radical (unpaired) electrons. The van der Waals surface area contributed by atoms with Crippen molar-refractivity contribution >= 4 is 40.6 Å². The van der Waals surface area contributed by atoms with Crippen LogP contribution in [0.1, 0.15) is 69.0 Å². The van der Waals surface area contributed by atoms with Gasteiger partial charge in [0.2, 0.25) is 0 Å². The summed E-state index contributed by atoms with van der Waals surface area (Å²) in [4.78, 5) is 29.8. The molecular formula is C30H24Cl2N2O4. The van der Waals surface area contributed by atoms with E-state index in [9.17, 15) is 19.8 Å². The Bertz CT molecular complexity index is 1580. The fourth-order valence-corrected chi connectivity index (χ4v) is 7.50. The lowest BCUT2D eigenvalue weighted by Gasteiger charge is -2.50. The number of amides is 1. The Morgan fingerprint density at radius 2 is 1.61 bits per heavy atom. The van der Waals surface area contributed by atoms with Crippen molar-refractivity contribution in [3.8, 4) is 5.75 Å². The monoisotopic (exact) mass is 546 g/mol. The predicted molar refractivity (Wildman–Crippen MR) is 144 cm³/mol. The highest BCUT2D eigenvalue weighted by Crippen LogP contribution is 2.58. The highest BCUT2D eigenvalue weighted by molar-refractivity contribution is 6.35. The van der Waals surface area contributed by atoms with Crippen molar-refractivity contribution in [1.29, 1.82) is 0 Å². The molecular weight excluding hydrogens is 523 g/mol. The average molecular weight is 547 g/mol. The van der Waals surface area contributed by atoms with Crippen molar-refractivity contribution in [1.82, 2.24) is 10.2 Å². The maximum Gasteiger partial charge on any atom is 0.257 e. The first-order valence-corrected chi connectivity index (χ1v) is 13.6. The van der Waals surface area contributed by atoms with Crippen molar-refractivity contribution in [2.24, 2.45) is 0 Å². The molecule has 1 fully saturated rings. The van der Waals surface area contributed by atoms with Crippen LogP contribution >= 0.6 is 23.2 Å². The smallest absolute Gasteiger partial charge is 0.257 e. The van der Waals surface area contributed by atoms with E-state index in [2.05, 4.69) is 5.32 Å². The zero-order valence-electron chi connectivity index (χ0n) is 20.2. The number of ketones is 1. The van der Waals surface area contributed by atoms with Crippen molar-refractivity contribution in [2.75, 3.05) is 0 Å². The van der Waals surface area contributed by atoms with Crippen LogP contribution in [-0.2, 0) is 5.72 Å². The van der Waals surface area contributed by atoms with Gasteiger partial charge in [0.05, 0.1) is 22.7 Å². The van der Waals surface area contributed by atoms with Crippen LogP contribution in [0.3, 0.4) is 0 Å². The van der Waals surface area contributed by atoms with Crippen LogP contribution in [0.4, 0.5) is 0 Å². The summed E-state index contributed by atoms with van der Waals surface area (Å²) in [5.41, 5.74) is 1.13. The Labute approximate surface area is 229 Å². The molecule has 8 heteroatoms. The quantitative estimate of drug-likeness (QED) is 0.369. The number of hydrogen-bond acceptors (Lipinski definition) is 5. The summed E-state index contributed by atoms with van der Waals surface area (Å²) in [5.74, 6) is -2.03. The molecule has 2 aliphatic carbocycles. The minimum absolute atomic E-state index is 0.00377. The molecule has 2 heterocycles. The Morgan fingerprint density at radius 1 is 0.921 bits per heavy atom. The molecule has 4 aliphatic rings. The minimum atomic E-state index is -1.97. The summed E-state index contributed by atoms with van der Waals surface area (Å²) in [6.07, 6.45) is 3.34.